The number of esters is 1. The summed E-state index contributed by atoms with van der Waals surface area (Å²) in [6, 6.07) is 6.56. The van der Waals surface area contributed by atoms with Crippen molar-refractivity contribution >= 4 is 23.3 Å². The molecule has 0 unspecified atom stereocenters. The summed E-state index contributed by atoms with van der Waals surface area (Å²) in [6.45, 7) is 0.549. The summed E-state index contributed by atoms with van der Waals surface area (Å²) < 4.78 is 11.4. The van der Waals surface area contributed by atoms with Gasteiger partial charge in [-0.2, -0.15) is 9.78 Å². The second kappa shape index (κ2) is 7.47. The van der Waals surface area contributed by atoms with Crippen molar-refractivity contribution in [2.75, 3.05) is 26.1 Å². The van der Waals surface area contributed by atoms with Crippen LogP contribution in [0.2, 0.25) is 5.02 Å². The van der Waals surface area contributed by atoms with Crippen molar-refractivity contribution in [2.24, 2.45) is 0 Å². The molecule has 1 N–H and O–H groups in total. The first kappa shape index (κ1) is 18.4. The lowest BCUT2D eigenvalue weighted by atomic mass is 9.80. The first-order valence-electron chi connectivity index (χ1n) is 8.26. The number of halogens is 1. The van der Waals surface area contributed by atoms with Gasteiger partial charge in [-0.05, 0) is 31.4 Å². The van der Waals surface area contributed by atoms with Crippen LogP contribution < -0.4 is 10.9 Å². The highest BCUT2D eigenvalue weighted by Gasteiger charge is 2.36. The maximum Gasteiger partial charge on any atom is 0.340 e. The molecule has 1 aliphatic carbocycles. The van der Waals surface area contributed by atoms with E-state index in [2.05, 4.69) is 10.4 Å². The molecule has 0 saturated heterocycles. The molecule has 1 heterocycles. The molecule has 8 heteroatoms. The molecule has 1 fully saturated rings. The summed E-state index contributed by atoms with van der Waals surface area (Å²) in [5, 5.41) is 7.32. The number of nitrogens with zero attached hydrogens (tertiary/aromatic N) is 2. The predicted molar refractivity (Wildman–Crippen MR) is 98.3 cm³/mol. The van der Waals surface area contributed by atoms with E-state index in [4.69, 9.17) is 21.1 Å². The van der Waals surface area contributed by atoms with Crippen LogP contribution in [0.25, 0.3) is 5.69 Å². The summed E-state index contributed by atoms with van der Waals surface area (Å²) in [6.07, 6.45) is 4.52. The van der Waals surface area contributed by atoms with E-state index in [1.165, 1.54) is 13.3 Å². The van der Waals surface area contributed by atoms with Crippen LogP contribution in [0.1, 0.15) is 29.6 Å². The van der Waals surface area contributed by atoms with Gasteiger partial charge in [-0.25, -0.2) is 4.79 Å². The molecule has 1 aromatic heterocycles. The molecule has 138 valence electrons. The first-order valence-corrected chi connectivity index (χ1v) is 8.64. The maximum absolute atomic E-state index is 12.7. The Labute approximate surface area is 155 Å². The fraction of sp³-hybridized carbons (Fsp3) is 0.389. The van der Waals surface area contributed by atoms with Gasteiger partial charge in [-0.1, -0.05) is 23.7 Å². The number of carbonyl (C=O) groups excluding carboxylic acids is 1. The molecule has 26 heavy (non-hydrogen) atoms. The van der Waals surface area contributed by atoms with Gasteiger partial charge < -0.3 is 14.8 Å². The zero-order valence-corrected chi connectivity index (χ0v) is 15.4. The molecule has 0 bridgehead atoms. The molecule has 1 saturated carbocycles. The number of hydrogen-bond acceptors (Lipinski definition) is 6. The highest BCUT2D eigenvalue weighted by Crippen LogP contribution is 2.35. The lowest BCUT2D eigenvalue weighted by Gasteiger charge is -2.40. The molecule has 0 amide bonds. The van der Waals surface area contributed by atoms with Gasteiger partial charge in [0, 0.05) is 13.7 Å². The van der Waals surface area contributed by atoms with Crippen LogP contribution in [0.4, 0.5) is 5.69 Å². The molecule has 1 aliphatic rings. The van der Waals surface area contributed by atoms with Gasteiger partial charge in [-0.3, -0.25) is 4.79 Å². The summed E-state index contributed by atoms with van der Waals surface area (Å²) >= 11 is 6.25. The Morgan fingerprint density at radius 3 is 2.69 bits per heavy atom. The fourth-order valence-electron chi connectivity index (χ4n) is 2.95. The van der Waals surface area contributed by atoms with E-state index in [0.29, 0.717) is 17.9 Å². The summed E-state index contributed by atoms with van der Waals surface area (Å²) in [5.74, 6) is -0.556. The Balaban J connectivity index is 1.91. The molecule has 2 aromatic rings. The second-order valence-corrected chi connectivity index (χ2v) is 6.57. The zero-order chi connectivity index (χ0) is 18.7. The van der Waals surface area contributed by atoms with Gasteiger partial charge in [0.05, 0.1) is 35.8 Å². The Morgan fingerprint density at radius 2 is 2.08 bits per heavy atom. The largest absolute Gasteiger partial charge is 0.465 e. The molecule has 0 radical (unpaired) electrons. The average molecular weight is 378 g/mol. The normalized spacial score (nSPS) is 15.2. The Morgan fingerprint density at radius 1 is 1.35 bits per heavy atom. The van der Waals surface area contributed by atoms with Crippen LogP contribution in [0, 0.1) is 0 Å². The lowest BCUT2D eigenvalue weighted by Crippen LogP contribution is -2.45. The van der Waals surface area contributed by atoms with Crippen LogP contribution in [0.5, 0.6) is 0 Å². The van der Waals surface area contributed by atoms with E-state index < -0.39 is 11.5 Å². The minimum absolute atomic E-state index is 0.00486. The molecule has 1 aromatic carbocycles. The van der Waals surface area contributed by atoms with E-state index in [9.17, 15) is 9.59 Å². The number of ether oxygens (including phenoxy) is 2. The zero-order valence-electron chi connectivity index (χ0n) is 14.6. The third-order valence-electron chi connectivity index (χ3n) is 4.76. The van der Waals surface area contributed by atoms with Crippen LogP contribution in [-0.4, -0.2) is 42.1 Å². The van der Waals surface area contributed by atoms with Crippen LogP contribution in [0.15, 0.2) is 35.3 Å². The number of nitrogens with one attached hydrogen (secondary N) is 1. The van der Waals surface area contributed by atoms with E-state index in [-0.39, 0.29) is 16.2 Å². The van der Waals surface area contributed by atoms with Crippen LogP contribution in [-0.2, 0) is 9.47 Å². The van der Waals surface area contributed by atoms with E-state index >= 15 is 0 Å². The third kappa shape index (κ3) is 3.32. The molecule has 0 aliphatic heterocycles. The molecule has 0 atom stereocenters. The Hall–Kier alpha value is -2.38. The molecule has 7 nitrogen and oxygen atoms in total. The van der Waals surface area contributed by atoms with Gasteiger partial charge in [-0.15, -0.1) is 0 Å². The number of para-hydroxylation sites is 1. The van der Waals surface area contributed by atoms with Crippen LogP contribution >= 0.6 is 11.6 Å². The van der Waals surface area contributed by atoms with Gasteiger partial charge in [0.1, 0.15) is 5.02 Å². The Kier molecular flexibility index (Phi) is 5.29. The van der Waals surface area contributed by atoms with Crippen molar-refractivity contribution in [3.05, 3.63) is 51.4 Å². The van der Waals surface area contributed by atoms with E-state index in [1.54, 1.807) is 31.4 Å². The standard InChI is InChI=1S/C18H20ClN3O4/c1-25-17(24)12-6-3-4-7-14(12)22-16(23)15(19)13(10-21-22)20-11-18(26-2)8-5-9-18/h3-4,6-7,10,20H,5,8-9,11H2,1-2H3. The topological polar surface area (TPSA) is 82.5 Å². The lowest BCUT2D eigenvalue weighted by molar-refractivity contribution is -0.0601. The first-order chi connectivity index (χ1) is 12.5. The number of benzene rings is 1. The summed E-state index contributed by atoms with van der Waals surface area (Å²) in [4.78, 5) is 24.6. The number of hydrogen-bond donors (Lipinski definition) is 1. The number of methoxy groups -OCH3 is 2. The van der Waals surface area contributed by atoms with Crippen molar-refractivity contribution in [1.29, 1.82) is 0 Å². The van der Waals surface area contributed by atoms with Crippen molar-refractivity contribution in [1.82, 2.24) is 9.78 Å². The van der Waals surface area contributed by atoms with Gasteiger partial charge in [0.2, 0.25) is 0 Å². The minimum atomic E-state index is -0.556. The number of aromatic nitrogens is 2. The highest BCUT2D eigenvalue weighted by atomic mass is 35.5. The molecule has 0 spiro atoms. The highest BCUT2D eigenvalue weighted by molar-refractivity contribution is 6.33. The average Bonchev–Trinajstić information content (AvgIpc) is 2.64. The van der Waals surface area contributed by atoms with E-state index in [1.807, 2.05) is 0 Å². The predicted octanol–water partition coefficient (Wildman–Crippen LogP) is 2.65. The van der Waals surface area contributed by atoms with Crippen molar-refractivity contribution in [3.63, 3.8) is 0 Å². The molecular formula is C18H20ClN3O4. The van der Waals surface area contributed by atoms with Crippen molar-refractivity contribution < 1.29 is 14.3 Å². The van der Waals surface area contributed by atoms with Crippen molar-refractivity contribution in [2.45, 2.75) is 24.9 Å². The summed E-state index contributed by atoms with van der Waals surface area (Å²) in [5.41, 5.74) is 0.245. The van der Waals surface area contributed by atoms with Gasteiger partial charge in [0.25, 0.3) is 5.56 Å². The maximum atomic E-state index is 12.7. The smallest absolute Gasteiger partial charge is 0.340 e. The minimum Gasteiger partial charge on any atom is -0.465 e. The Bertz CT molecular complexity index is 871. The molecular weight excluding hydrogens is 358 g/mol. The van der Waals surface area contributed by atoms with Crippen LogP contribution in [0.3, 0.4) is 0 Å². The van der Waals surface area contributed by atoms with Crippen molar-refractivity contribution in [3.8, 4) is 5.69 Å². The van der Waals surface area contributed by atoms with E-state index in [0.717, 1.165) is 23.9 Å². The number of rotatable bonds is 6. The SMILES string of the molecule is COC(=O)c1ccccc1-n1ncc(NCC2(OC)CCC2)c(Cl)c1=O. The fourth-order valence-corrected chi connectivity index (χ4v) is 3.14. The number of anilines is 1. The second-order valence-electron chi connectivity index (χ2n) is 6.19. The van der Waals surface area contributed by atoms with Gasteiger partial charge in [0.15, 0.2) is 0 Å². The monoisotopic (exact) mass is 377 g/mol. The summed E-state index contributed by atoms with van der Waals surface area (Å²) in [7, 11) is 2.96. The number of carbonyl (C=O) groups is 1. The van der Waals surface area contributed by atoms with Gasteiger partial charge >= 0.3 is 5.97 Å². The quantitative estimate of drug-likeness (QED) is 0.779. The third-order valence-corrected chi connectivity index (χ3v) is 5.12. The molecule has 3 rings (SSSR count).